The molecule has 0 heterocycles. The number of rotatable bonds is 0. The molecular weight excluding hydrogens is 154 g/mol. The monoisotopic (exact) mass is 162 g/mol. The summed E-state index contributed by atoms with van der Waals surface area (Å²) in [7, 11) is 0. The summed E-state index contributed by atoms with van der Waals surface area (Å²) in [6, 6.07) is 0. The number of hydrogen-bond acceptors (Lipinski definition) is 0. The van der Waals surface area contributed by atoms with Crippen LogP contribution in [0.25, 0.3) is 0 Å². The molecule has 0 fully saturated rings. The molecule has 0 rings (SSSR count). The molecule has 0 saturated heterocycles. The average Bonchev–Trinajstić information content (AvgIpc) is 1.41. The van der Waals surface area contributed by atoms with E-state index in [-0.39, 0.29) is 0 Å². The van der Waals surface area contributed by atoms with Gasteiger partial charge >= 0.3 is 39.9 Å². The maximum absolute atomic E-state index is 2.17. The van der Waals surface area contributed by atoms with Crippen molar-refractivity contribution in [1.29, 1.82) is 0 Å². The normalized spacial score (nSPS) is 7.60. The van der Waals surface area contributed by atoms with Crippen molar-refractivity contribution >= 4 is 8.97 Å². The molecule has 0 saturated carbocycles. The third kappa shape index (κ3) is 4.40. The Bertz CT molecular complexity index is 52.0. The van der Waals surface area contributed by atoms with Crippen LogP contribution in [0.3, 0.4) is 0 Å². The van der Waals surface area contributed by atoms with E-state index in [0.29, 0.717) is 0 Å². The fourth-order valence-corrected chi connectivity index (χ4v) is 0.624. The Morgan fingerprint density at radius 3 is 1.60 bits per heavy atom. The van der Waals surface area contributed by atoms with Gasteiger partial charge in [-0.25, -0.2) is 0 Å². The first-order valence-electron chi connectivity index (χ1n) is 1.52. The van der Waals surface area contributed by atoms with Crippen molar-refractivity contribution in [2.75, 3.05) is 0 Å². The third-order valence-corrected chi connectivity index (χ3v) is 1.25. The molecule has 0 aliphatic carbocycles. The standard InChI is InChI=1S/2C2H4.Pd/c2*1-2;/h2*1H,2H3;. The molecule has 0 aliphatic rings. The zero-order chi connectivity index (χ0) is 4.12. The summed E-state index contributed by atoms with van der Waals surface area (Å²) in [5.41, 5.74) is 0. The first kappa shape index (κ1) is 5.40. The predicted molar refractivity (Wildman–Crippen MR) is 23.5 cm³/mol. The van der Waals surface area contributed by atoms with E-state index < -0.39 is 0 Å². The molecular formula is C4H8Pd. The fraction of sp³-hybridized carbons (Fsp3) is 0.500. The van der Waals surface area contributed by atoms with E-state index >= 15 is 0 Å². The summed E-state index contributed by atoms with van der Waals surface area (Å²) in [6.45, 7) is 4.16. The van der Waals surface area contributed by atoms with Crippen LogP contribution in [0.15, 0.2) is 0 Å². The van der Waals surface area contributed by atoms with Crippen molar-refractivity contribution in [3.8, 4) is 0 Å². The quantitative estimate of drug-likeness (QED) is 0.461. The average molecular weight is 163 g/mol. The Hall–Kier alpha value is 0.402. The van der Waals surface area contributed by atoms with Gasteiger partial charge < -0.3 is 0 Å². The van der Waals surface area contributed by atoms with Crippen molar-refractivity contribution < 1.29 is 17.1 Å². The topological polar surface area (TPSA) is 0 Å². The molecule has 0 aromatic heterocycles. The van der Waals surface area contributed by atoms with Crippen molar-refractivity contribution in [2.24, 2.45) is 0 Å². The van der Waals surface area contributed by atoms with Crippen LogP contribution in [0.2, 0.25) is 0 Å². The summed E-state index contributed by atoms with van der Waals surface area (Å²) < 4.78 is 4.35. The predicted octanol–water partition coefficient (Wildman–Crippen LogP) is 0.713. The van der Waals surface area contributed by atoms with Crippen molar-refractivity contribution in [2.45, 2.75) is 13.8 Å². The summed E-state index contributed by atoms with van der Waals surface area (Å²) >= 11 is 0.794. The van der Waals surface area contributed by atoms with Gasteiger partial charge in [0.05, 0.1) is 0 Å². The Balaban J connectivity index is 3.26. The van der Waals surface area contributed by atoms with Crippen LogP contribution in [0, 0.1) is 0 Å². The van der Waals surface area contributed by atoms with Gasteiger partial charge in [-0.3, -0.25) is 0 Å². The second-order valence-electron chi connectivity index (χ2n) is 0.471. The molecule has 0 aromatic carbocycles. The van der Waals surface area contributed by atoms with Gasteiger partial charge in [0.2, 0.25) is 0 Å². The van der Waals surface area contributed by atoms with Crippen LogP contribution in [0.5, 0.6) is 0 Å². The van der Waals surface area contributed by atoms with Crippen molar-refractivity contribution in [3.63, 3.8) is 0 Å². The van der Waals surface area contributed by atoms with Crippen LogP contribution in [0.4, 0.5) is 0 Å². The Morgan fingerprint density at radius 1 is 1.20 bits per heavy atom. The van der Waals surface area contributed by atoms with E-state index in [2.05, 4.69) is 22.8 Å². The molecule has 0 amide bonds. The number of hydrogen-bond donors (Lipinski definition) is 0. The second-order valence-corrected chi connectivity index (χ2v) is 2.78. The third-order valence-electron chi connectivity index (χ3n) is 0.211. The van der Waals surface area contributed by atoms with Gasteiger partial charge in [-0.2, -0.15) is 0 Å². The fourth-order valence-electron chi connectivity index (χ4n) is 0.105. The van der Waals surface area contributed by atoms with E-state index in [1.54, 1.807) is 0 Å². The minimum absolute atomic E-state index is 0.794. The van der Waals surface area contributed by atoms with Crippen molar-refractivity contribution in [1.82, 2.24) is 0 Å². The van der Waals surface area contributed by atoms with Gasteiger partial charge in [-0.05, 0) is 0 Å². The Kier molecular flexibility index (Phi) is 4.76. The summed E-state index contributed by atoms with van der Waals surface area (Å²) in [5, 5.41) is 0. The van der Waals surface area contributed by atoms with Crippen LogP contribution in [-0.4, -0.2) is 8.97 Å². The first-order chi connectivity index (χ1) is 2.41. The zero-order valence-corrected chi connectivity index (χ0v) is 5.03. The molecule has 0 bridgehead atoms. The molecule has 1 heteroatoms. The van der Waals surface area contributed by atoms with E-state index in [1.807, 2.05) is 0 Å². The van der Waals surface area contributed by atoms with Gasteiger partial charge in [-0.1, -0.05) is 0 Å². The van der Waals surface area contributed by atoms with E-state index in [4.69, 9.17) is 0 Å². The maximum atomic E-state index is 2.17. The van der Waals surface area contributed by atoms with Gasteiger partial charge in [-0.15, -0.1) is 0 Å². The molecule has 0 nitrogen and oxygen atoms in total. The Morgan fingerprint density at radius 2 is 1.60 bits per heavy atom. The van der Waals surface area contributed by atoms with Gasteiger partial charge in [0.25, 0.3) is 0 Å². The summed E-state index contributed by atoms with van der Waals surface area (Å²) in [6.07, 6.45) is 0. The van der Waals surface area contributed by atoms with E-state index in [9.17, 15) is 0 Å². The molecule has 0 N–H and O–H groups in total. The second kappa shape index (κ2) is 4.40. The van der Waals surface area contributed by atoms with Crippen LogP contribution in [0.1, 0.15) is 13.8 Å². The molecule has 34 valence electrons. The van der Waals surface area contributed by atoms with Gasteiger partial charge in [0.1, 0.15) is 0 Å². The SMILES string of the molecule is C[CH]=[Pd]=[CH]C. The van der Waals surface area contributed by atoms with Gasteiger partial charge in [0.15, 0.2) is 0 Å². The molecule has 0 atom stereocenters. The van der Waals surface area contributed by atoms with E-state index in [1.165, 1.54) is 0 Å². The van der Waals surface area contributed by atoms with Gasteiger partial charge in [0, 0.05) is 0 Å². The van der Waals surface area contributed by atoms with E-state index in [0.717, 1.165) is 17.1 Å². The Labute approximate surface area is 40.4 Å². The van der Waals surface area contributed by atoms with Crippen LogP contribution < -0.4 is 0 Å². The molecule has 0 unspecified atom stereocenters. The minimum atomic E-state index is 0.794. The van der Waals surface area contributed by atoms with Crippen molar-refractivity contribution in [3.05, 3.63) is 0 Å². The van der Waals surface area contributed by atoms with Crippen LogP contribution in [-0.2, 0) is 17.1 Å². The molecule has 0 radical (unpaired) electrons. The van der Waals surface area contributed by atoms with Crippen LogP contribution >= 0.6 is 0 Å². The molecule has 5 heavy (non-hydrogen) atoms. The molecule has 0 spiro atoms. The molecule has 0 aliphatic heterocycles. The summed E-state index contributed by atoms with van der Waals surface area (Å²) in [5.74, 6) is 0. The zero-order valence-electron chi connectivity index (χ0n) is 3.47. The first-order valence-corrected chi connectivity index (χ1v) is 3.31. The summed E-state index contributed by atoms with van der Waals surface area (Å²) in [4.78, 5) is 0. The molecule has 0 aromatic rings.